The van der Waals surface area contributed by atoms with E-state index < -0.39 is 18.9 Å². The number of hydrogen-bond acceptors (Lipinski definition) is 8. The maximum absolute atomic E-state index is 13.9. The predicted octanol–water partition coefficient (Wildman–Crippen LogP) is 7.30. The van der Waals surface area contributed by atoms with Crippen LogP contribution >= 0.6 is 11.3 Å². The molecule has 50 heavy (non-hydrogen) atoms. The fraction of sp³-hybridized carbons (Fsp3) is 0.333. The molecule has 260 valence electrons. The van der Waals surface area contributed by atoms with Gasteiger partial charge in [0.05, 0.1) is 16.3 Å². The van der Waals surface area contributed by atoms with E-state index in [-0.39, 0.29) is 17.2 Å². The molecule has 2 fully saturated rings. The number of halogens is 3. The fourth-order valence-corrected chi connectivity index (χ4v) is 7.85. The summed E-state index contributed by atoms with van der Waals surface area (Å²) in [5.74, 6) is 0.150. The van der Waals surface area contributed by atoms with Crippen molar-refractivity contribution in [2.75, 3.05) is 59.9 Å². The van der Waals surface area contributed by atoms with E-state index in [9.17, 15) is 27.6 Å². The first kappa shape index (κ1) is 33.5. The van der Waals surface area contributed by atoms with E-state index in [1.807, 2.05) is 37.3 Å². The summed E-state index contributed by atoms with van der Waals surface area (Å²) in [5.41, 5.74) is 4.82. The Bertz CT molecular complexity index is 1930. The maximum atomic E-state index is 13.9. The monoisotopic (exact) mass is 705 g/mol. The minimum absolute atomic E-state index is 0.221. The number of thiophene rings is 1. The lowest BCUT2D eigenvalue weighted by molar-refractivity contribution is -0.159. The standard InChI is InChI=1S/C36H34F3N5O5S/c1-22-16-27(31(40-18-22)43-19-35(20-43)11-14-48-15-12-35)32(45)41-25-8-6-23(7-9-25)33(46)44-13-10-24-17-29(42-34(47)49-21-36(37,38)39)50-30(24)26-4-2-3-5-28(26)44/h2-9,16-18H,10-15,19-21H2,1H3,(H,41,45)(H,42,47). The highest BCUT2D eigenvalue weighted by Gasteiger charge is 2.45. The molecule has 7 rings (SSSR count). The van der Waals surface area contributed by atoms with Crippen molar-refractivity contribution in [2.24, 2.45) is 5.41 Å². The molecule has 14 heteroatoms. The van der Waals surface area contributed by atoms with Crippen LogP contribution in [0.2, 0.25) is 0 Å². The van der Waals surface area contributed by atoms with Crippen LogP contribution in [0, 0.1) is 12.3 Å². The average molecular weight is 706 g/mol. The number of carbonyl (C=O) groups is 3. The molecule has 3 aliphatic heterocycles. The van der Waals surface area contributed by atoms with Crippen LogP contribution in [0.25, 0.3) is 10.4 Å². The molecule has 2 N–H and O–H groups in total. The topological polar surface area (TPSA) is 113 Å². The van der Waals surface area contributed by atoms with Gasteiger partial charge in [-0.15, -0.1) is 11.3 Å². The van der Waals surface area contributed by atoms with Gasteiger partial charge in [-0.2, -0.15) is 13.2 Å². The number of pyridine rings is 1. The number of aromatic nitrogens is 1. The first-order valence-electron chi connectivity index (χ1n) is 16.2. The van der Waals surface area contributed by atoms with E-state index >= 15 is 0 Å². The van der Waals surface area contributed by atoms with Crippen molar-refractivity contribution in [3.8, 4) is 10.4 Å². The van der Waals surface area contributed by atoms with Gasteiger partial charge in [-0.25, -0.2) is 9.78 Å². The highest BCUT2D eigenvalue weighted by Crippen LogP contribution is 2.44. The van der Waals surface area contributed by atoms with Gasteiger partial charge >= 0.3 is 12.3 Å². The summed E-state index contributed by atoms with van der Waals surface area (Å²) in [7, 11) is 0. The first-order chi connectivity index (χ1) is 24.0. The lowest BCUT2D eigenvalue weighted by Gasteiger charge is -2.53. The van der Waals surface area contributed by atoms with Crippen LogP contribution in [-0.4, -0.2) is 68.5 Å². The van der Waals surface area contributed by atoms with Gasteiger partial charge in [-0.3, -0.25) is 14.9 Å². The predicted molar refractivity (Wildman–Crippen MR) is 184 cm³/mol. The smallest absolute Gasteiger partial charge is 0.422 e. The minimum atomic E-state index is -4.63. The molecule has 10 nitrogen and oxygen atoms in total. The van der Waals surface area contributed by atoms with Gasteiger partial charge < -0.3 is 24.6 Å². The van der Waals surface area contributed by atoms with E-state index in [0.29, 0.717) is 46.3 Å². The van der Waals surface area contributed by atoms with Crippen molar-refractivity contribution < 1.29 is 37.0 Å². The quantitative estimate of drug-likeness (QED) is 0.217. The van der Waals surface area contributed by atoms with Gasteiger partial charge in [0.15, 0.2) is 6.61 Å². The Hall–Kier alpha value is -4.95. The number of fused-ring (bicyclic) bond motifs is 3. The van der Waals surface area contributed by atoms with Crippen LogP contribution in [0.15, 0.2) is 66.9 Å². The molecule has 1 spiro atoms. The van der Waals surface area contributed by atoms with Crippen LogP contribution in [0.3, 0.4) is 0 Å². The molecule has 0 unspecified atom stereocenters. The van der Waals surface area contributed by atoms with E-state index in [2.05, 4.69) is 25.3 Å². The summed E-state index contributed by atoms with van der Waals surface area (Å²) in [6.07, 6.45) is -1.59. The highest BCUT2D eigenvalue weighted by atomic mass is 32.1. The Kier molecular flexibility index (Phi) is 8.99. The molecule has 3 aliphatic rings. The van der Waals surface area contributed by atoms with Crippen molar-refractivity contribution in [1.82, 2.24) is 4.98 Å². The SMILES string of the molecule is Cc1cnc(N2CC3(CCOCC3)C2)c(C(=O)Nc2ccc(C(=O)N3CCc4cc(NC(=O)OCC(F)(F)F)sc4-c4ccccc43)cc2)c1. The summed E-state index contributed by atoms with van der Waals surface area (Å²) >= 11 is 1.20. The maximum Gasteiger partial charge on any atom is 0.422 e. The molecule has 2 aromatic heterocycles. The molecule has 0 aliphatic carbocycles. The minimum Gasteiger partial charge on any atom is -0.440 e. The van der Waals surface area contributed by atoms with E-state index in [4.69, 9.17) is 4.74 Å². The third-order valence-corrected chi connectivity index (χ3v) is 10.4. The summed E-state index contributed by atoms with van der Waals surface area (Å²) in [6, 6.07) is 17.6. The number of aryl methyl sites for hydroxylation is 1. The number of anilines is 4. The van der Waals surface area contributed by atoms with E-state index in [0.717, 1.165) is 60.7 Å². The molecule has 2 aromatic carbocycles. The number of ether oxygens (including phenoxy) is 2. The molecule has 5 heterocycles. The van der Waals surface area contributed by atoms with Gasteiger partial charge in [0.2, 0.25) is 0 Å². The highest BCUT2D eigenvalue weighted by molar-refractivity contribution is 7.19. The number of rotatable bonds is 6. The number of nitrogens with one attached hydrogen (secondary N) is 2. The Labute approximate surface area is 290 Å². The summed E-state index contributed by atoms with van der Waals surface area (Å²) in [6.45, 7) is 3.75. The van der Waals surface area contributed by atoms with Crippen molar-refractivity contribution in [1.29, 1.82) is 0 Å². The molecular formula is C36H34F3N5O5S. The summed E-state index contributed by atoms with van der Waals surface area (Å²) in [4.78, 5) is 48.6. The Morgan fingerprint density at radius 3 is 2.50 bits per heavy atom. The molecule has 0 saturated carbocycles. The lowest BCUT2D eigenvalue weighted by atomic mass is 9.73. The second kappa shape index (κ2) is 13.4. The van der Waals surface area contributed by atoms with Gasteiger partial charge in [-0.05, 0) is 79.8 Å². The van der Waals surface area contributed by atoms with Gasteiger partial charge in [-0.1, -0.05) is 18.2 Å². The molecule has 2 saturated heterocycles. The van der Waals surface area contributed by atoms with Crippen LogP contribution in [0.4, 0.5) is 40.2 Å². The number of para-hydroxylation sites is 1. The fourth-order valence-electron chi connectivity index (χ4n) is 6.72. The Morgan fingerprint density at radius 2 is 1.76 bits per heavy atom. The summed E-state index contributed by atoms with van der Waals surface area (Å²) < 4.78 is 47.2. The van der Waals surface area contributed by atoms with Gasteiger partial charge in [0.25, 0.3) is 11.8 Å². The van der Waals surface area contributed by atoms with Crippen molar-refractivity contribution in [2.45, 2.75) is 32.4 Å². The van der Waals surface area contributed by atoms with Gasteiger partial charge in [0.1, 0.15) is 5.82 Å². The summed E-state index contributed by atoms with van der Waals surface area (Å²) in [5, 5.41) is 5.69. The van der Waals surface area contributed by atoms with Crippen molar-refractivity contribution >= 4 is 51.4 Å². The molecule has 3 amide bonds. The van der Waals surface area contributed by atoms with Crippen molar-refractivity contribution in [3.05, 3.63) is 89.1 Å². The number of nitrogens with zero attached hydrogens (tertiary/aromatic N) is 3. The normalized spacial score (nSPS) is 16.5. The number of carbonyl (C=O) groups excluding carboxylic acids is 3. The third kappa shape index (κ3) is 7.03. The first-order valence-corrected chi connectivity index (χ1v) is 17.0. The molecule has 0 radical (unpaired) electrons. The Balaban J connectivity index is 1.04. The molecule has 0 bridgehead atoms. The molecule has 0 atom stereocenters. The molecular weight excluding hydrogens is 671 g/mol. The van der Waals surface area contributed by atoms with Crippen molar-refractivity contribution in [3.63, 3.8) is 0 Å². The second-order valence-electron chi connectivity index (χ2n) is 12.9. The number of benzene rings is 2. The Morgan fingerprint density at radius 1 is 1.02 bits per heavy atom. The zero-order chi connectivity index (χ0) is 35.0. The number of hydrogen-bond donors (Lipinski definition) is 2. The number of alkyl halides is 3. The van der Waals surface area contributed by atoms with E-state index in [1.54, 1.807) is 41.4 Å². The molecule has 4 aromatic rings. The average Bonchev–Trinajstić information content (AvgIpc) is 3.42. The van der Waals surface area contributed by atoms with Crippen LogP contribution in [-0.2, 0) is 15.9 Å². The zero-order valence-corrected chi connectivity index (χ0v) is 28.0. The zero-order valence-electron chi connectivity index (χ0n) is 27.1. The van der Waals surface area contributed by atoms with Crippen LogP contribution in [0.1, 0.15) is 44.7 Å². The van der Waals surface area contributed by atoms with Gasteiger partial charge in [0, 0.05) is 66.2 Å². The second-order valence-corrected chi connectivity index (χ2v) is 13.9. The third-order valence-electron chi connectivity index (χ3n) is 9.23. The van der Waals surface area contributed by atoms with Crippen LogP contribution < -0.4 is 20.4 Å². The largest absolute Gasteiger partial charge is 0.440 e. The number of amides is 3. The van der Waals surface area contributed by atoms with E-state index in [1.165, 1.54) is 11.3 Å². The lowest BCUT2D eigenvalue weighted by Crippen LogP contribution is -2.59. The van der Waals surface area contributed by atoms with Crippen LogP contribution in [0.5, 0.6) is 0 Å².